The lowest BCUT2D eigenvalue weighted by molar-refractivity contribution is 0.658. The monoisotopic (exact) mass is 296 g/mol. The summed E-state index contributed by atoms with van der Waals surface area (Å²) in [6.07, 6.45) is 6.22. The molecule has 0 spiro atoms. The Morgan fingerprint density at radius 1 is 1.24 bits per heavy atom. The highest BCUT2D eigenvalue weighted by molar-refractivity contribution is 6.83. The largest absolute Gasteiger partial charge is 0.133 e. The standard InChI is InChI=1S/C20H28Si/c1-7-12-17(3)19(20(8-2)21(4,5)6)16-15-18-13-10-9-11-14-18/h7,9-14,19H,1-2,15-16H2,3-6H3/b17-12+/t19-/m0/s1. The third-order valence-electron chi connectivity index (χ3n) is 3.84. The third kappa shape index (κ3) is 5.38. The summed E-state index contributed by atoms with van der Waals surface area (Å²) in [7, 11) is -1.41. The quantitative estimate of drug-likeness (QED) is 0.331. The summed E-state index contributed by atoms with van der Waals surface area (Å²) in [6, 6.07) is 10.7. The summed E-state index contributed by atoms with van der Waals surface area (Å²) in [5.74, 6) is 0.437. The Kier molecular flexibility index (Phi) is 6.68. The van der Waals surface area contributed by atoms with Crippen molar-refractivity contribution >= 4 is 8.07 Å². The fraction of sp³-hybridized carbons (Fsp3) is 0.350. The zero-order valence-corrected chi connectivity index (χ0v) is 14.9. The smallest absolute Gasteiger partial charge is 0.0831 e. The molecule has 0 unspecified atom stereocenters. The van der Waals surface area contributed by atoms with Crippen molar-refractivity contribution in [2.24, 2.45) is 5.92 Å². The second-order valence-electron chi connectivity index (χ2n) is 6.56. The van der Waals surface area contributed by atoms with Crippen LogP contribution in [-0.4, -0.2) is 8.07 Å². The molecule has 0 heterocycles. The van der Waals surface area contributed by atoms with Gasteiger partial charge < -0.3 is 0 Å². The number of allylic oxidation sites excluding steroid dienone is 4. The Morgan fingerprint density at radius 2 is 1.86 bits per heavy atom. The molecule has 1 aromatic rings. The molecule has 0 bridgehead atoms. The molecule has 0 saturated heterocycles. The lowest BCUT2D eigenvalue weighted by atomic mass is 9.92. The summed E-state index contributed by atoms with van der Waals surface area (Å²) in [5, 5.41) is 1.43. The number of aryl methyl sites for hydroxylation is 1. The number of benzene rings is 1. The first-order valence-corrected chi connectivity index (χ1v) is 11.1. The first-order valence-electron chi connectivity index (χ1n) is 7.63. The van der Waals surface area contributed by atoms with Crippen LogP contribution in [0.4, 0.5) is 0 Å². The molecule has 1 rings (SSSR count). The zero-order chi connectivity index (χ0) is 15.9. The molecule has 0 N–H and O–H groups in total. The van der Waals surface area contributed by atoms with E-state index in [1.165, 1.54) is 16.3 Å². The van der Waals surface area contributed by atoms with Gasteiger partial charge in [0.15, 0.2) is 0 Å². The first-order chi connectivity index (χ1) is 9.90. The van der Waals surface area contributed by atoms with Crippen molar-refractivity contribution in [3.05, 3.63) is 77.7 Å². The van der Waals surface area contributed by atoms with Crippen molar-refractivity contribution < 1.29 is 0 Å². The van der Waals surface area contributed by atoms with Crippen molar-refractivity contribution in [3.63, 3.8) is 0 Å². The maximum absolute atomic E-state index is 3.97. The van der Waals surface area contributed by atoms with Gasteiger partial charge in [0.05, 0.1) is 8.07 Å². The van der Waals surface area contributed by atoms with E-state index in [0.717, 1.165) is 12.8 Å². The Balaban J connectivity index is 3.01. The van der Waals surface area contributed by atoms with Gasteiger partial charge in [-0.05, 0) is 30.5 Å². The number of hydrogen-bond donors (Lipinski definition) is 0. The Bertz CT molecular complexity index is 537. The molecule has 0 saturated carbocycles. The molecular weight excluding hydrogens is 268 g/mol. The fourth-order valence-corrected chi connectivity index (χ4v) is 4.72. The van der Waals surface area contributed by atoms with Crippen LogP contribution in [0.3, 0.4) is 0 Å². The van der Waals surface area contributed by atoms with E-state index in [9.17, 15) is 0 Å². The van der Waals surface area contributed by atoms with E-state index in [-0.39, 0.29) is 0 Å². The molecule has 0 fully saturated rings. The van der Waals surface area contributed by atoms with Gasteiger partial charge in [-0.3, -0.25) is 0 Å². The average molecular weight is 297 g/mol. The van der Waals surface area contributed by atoms with Crippen LogP contribution >= 0.6 is 0 Å². The molecule has 1 aromatic carbocycles. The average Bonchev–Trinajstić information content (AvgIpc) is 2.43. The fourth-order valence-electron chi connectivity index (χ4n) is 2.77. The van der Waals surface area contributed by atoms with E-state index in [0.29, 0.717) is 5.92 Å². The molecule has 112 valence electrons. The highest BCUT2D eigenvalue weighted by atomic mass is 28.3. The summed E-state index contributed by atoms with van der Waals surface area (Å²) in [6.45, 7) is 17.1. The molecule has 0 aliphatic carbocycles. The van der Waals surface area contributed by atoms with Crippen LogP contribution in [0.1, 0.15) is 18.9 Å². The van der Waals surface area contributed by atoms with Gasteiger partial charge in [0.25, 0.3) is 0 Å². The molecule has 0 radical (unpaired) electrons. The van der Waals surface area contributed by atoms with Crippen molar-refractivity contribution in [1.29, 1.82) is 0 Å². The topological polar surface area (TPSA) is 0 Å². The van der Waals surface area contributed by atoms with Gasteiger partial charge in [0.1, 0.15) is 0 Å². The number of rotatable bonds is 7. The molecule has 0 aliphatic rings. The lowest BCUT2D eigenvalue weighted by Crippen LogP contribution is -2.29. The van der Waals surface area contributed by atoms with Crippen LogP contribution in [0.5, 0.6) is 0 Å². The number of hydrogen-bond acceptors (Lipinski definition) is 0. The van der Waals surface area contributed by atoms with Crippen LogP contribution in [0, 0.1) is 5.92 Å². The van der Waals surface area contributed by atoms with Crippen LogP contribution in [0.15, 0.2) is 72.1 Å². The van der Waals surface area contributed by atoms with Crippen LogP contribution in [-0.2, 0) is 6.42 Å². The molecule has 1 heteroatoms. The Hall–Kier alpha value is -1.56. The highest BCUT2D eigenvalue weighted by Crippen LogP contribution is 2.31. The summed E-state index contributed by atoms with van der Waals surface area (Å²) >= 11 is 0. The minimum Gasteiger partial charge on any atom is -0.133 e. The minimum atomic E-state index is -1.41. The maximum Gasteiger partial charge on any atom is 0.0831 e. The Labute approximate surface area is 131 Å². The molecule has 0 nitrogen and oxygen atoms in total. The zero-order valence-electron chi connectivity index (χ0n) is 13.9. The van der Waals surface area contributed by atoms with E-state index in [1.54, 1.807) is 0 Å². The van der Waals surface area contributed by atoms with E-state index >= 15 is 0 Å². The predicted molar refractivity (Wildman–Crippen MR) is 98.2 cm³/mol. The van der Waals surface area contributed by atoms with Gasteiger partial charge in [-0.2, -0.15) is 0 Å². The second kappa shape index (κ2) is 8.02. The van der Waals surface area contributed by atoms with E-state index in [2.05, 4.69) is 81.9 Å². The normalized spacial score (nSPS) is 13.4. The van der Waals surface area contributed by atoms with Gasteiger partial charge in [-0.1, -0.05) is 80.9 Å². The molecule has 21 heavy (non-hydrogen) atoms. The van der Waals surface area contributed by atoms with Gasteiger partial charge >= 0.3 is 0 Å². The molecule has 0 amide bonds. The minimum absolute atomic E-state index is 0.437. The van der Waals surface area contributed by atoms with Crippen LogP contribution < -0.4 is 0 Å². The summed E-state index contributed by atoms with van der Waals surface area (Å²) in [5.41, 5.74) is 6.04. The van der Waals surface area contributed by atoms with Gasteiger partial charge in [-0.25, -0.2) is 0 Å². The van der Waals surface area contributed by atoms with Crippen molar-refractivity contribution in [1.82, 2.24) is 0 Å². The predicted octanol–water partition coefficient (Wildman–Crippen LogP) is 5.96. The summed E-state index contributed by atoms with van der Waals surface area (Å²) < 4.78 is 0. The maximum atomic E-state index is 3.97. The van der Waals surface area contributed by atoms with E-state index < -0.39 is 8.07 Å². The molecular formula is C20H28Si. The van der Waals surface area contributed by atoms with Crippen LogP contribution in [0.2, 0.25) is 19.6 Å². The second-order valence-corrected chi connectivity index (χ2v) is 11.6. The molecule has 0 aliphatic heterocycles. The molecule has 0 aromatic heterocycles. The highest BCUT2D eigenvalue weighted by Gasteiger charge is 2.27. The van der Waals surface area contributed by atoms with Crippen LogP contribution in [0.25, 0.3) is 0 Å². The van der Waals surface area contributed by atoms with E-state index in [1.807, 2.05) is 6.08 Å². The lowest BCUT2D eigenvalue weighted by Gasteiger charge is -2.28. The van der Waals surface area contributed by atoms with Crippen molar-refractivity contribution in [2.45, 2.75) is 39.4 Å². The molecule has 1 atom stereocenters. The van der Waals surface area contributed by atoms with Crippen molar-refractivity contribution in [2.75, 3.05) is 0 Å². The SMILES string of the molecule is C=C=C([C@@H](CCc1ccccc1)/C(C)=C/C=C)[Si](C)(C)C. The third-order valence-corrected chi connectivity index (χ3v) is 5.98. The van der Waals surface area contributed by atoms with E-state index in [4.69, 9.17) is 0 Å². The van der Waals surface area contributed by atoms with Gasteiger partial charge in [-0.15, -0.1) is 5.73 Å². The Morgan fingerprint density at radius 3 is 2.33 bits per heavy atom. The van der Waals surface area contributed by atoms with Gasteiger partial charge in [0.2, 0.25) is 0 Å². The summed E-state index contributed by atoms with van der Waals surface area (Å²) in [4.78, 5) is 0. The van der Waals surface area contributed by atoms with Crippen molar-refractivity contribution in [3.8, 4) is 0 Å². The van der Waals surface area contributed by atoms with Gasteiger partial charge in [0, 0.05) is 5.92 Å². The first kappa shape index (κ1) is 17.5.